The van der Waals surface area contributed by atoms with Gasteiger partial charge in [-0.1, -0.05) is 0 Å². The van der Waals surface area contributed by atoms with Crippen LogP contribution in [-0.4, -0.2) is 35.5 Å². The molecule has 17 heavy (non-hydrogen) atoms. The minimum atomic E-state index is -0.299. The van der Waals surface area contributed by atoms with E-state index >= 15 is 0 Å². The molecule has 92 valence electrons. The average Bonchev–Trinajstić information content (AvgIpc) is 2.81. The molecule has 5 heteroatoms. The lowest BCUT2D eigenvalue weighted by atomic mass is 10.3. The standard InChI is InChI=1S/C12H15FN2OS/c1-17-11-6-7-15(8-11)12(16)14-10-4-2-9(13)3-5-10/h2-5,11H,6-8H2,1H3,(H,14,16)/t11-/m1/s1. The van der Waals surface area contributed by atoms with Crippen molar-refractivity contribution in [3.05, 3.63) is 30.1 Å². The first-order chi connectivity index (χ1) is 8.19. The summed E-state index contributed by atoms with van der Waals surface area (Å²) in [6.45, 7) is 1.58. The van der Waals surface area contributed by atoms with Crippen molar-refractivity contribution in [2.45, 2.75) is 11.7 Å². The lowest BCUT2D eigenvalue weighted by Gasteiger charge is -2.16. The Morgan fingerprint density at radius 1 is 1.47 bits per heavy atom. The summed E-state index contributed by atoms with van der Waals surface area (Å²) in [7, 11) is 0. The maximum Gasteiger partial charge on any atom is 0.321 e. The highest BCUT2D eigenvalue weighted by atomic mass is 32.2. The summed E-state index contributed by atoms with van der Waals surface area (Å²) in [4.78, 5) is 13.7. The molecule has 0 aliphatic carbocycles. The maximum atomic E-state index is 12.7. The van der Waals surface area contributed by atoms with Crippen LogP contribution in [0.1, 0.15) is 6.42 Å². The van der Waals surface area contributed by atoms with E-state index in [0.29, 0.717) is 10.9 Å². The van der Waals surface area contributed by atoms with Crippen LogP contribution in [0.3, 0.4) is 0 Å². The zero-order valence-electron chi connectivity index (χ0n) is 9.65. The van der Waals surface area contributed by atoms with Gasteiger partial charge in [0.2, 0.25) is 0 Å². The van der Waals surface area contributed by atoms with Crippen LogP contribution < -0.4 is 5.32 Å². The molecule has 0 unspecified atom stereocenters. The normalized spacial score (nSPS) is 19.4. The highest BCUT2D eigenvalue weighted by Gasteiger charge is 2.25. The number of carbonyl (C=O) groups is 1. The summed E-state index contributed by atoms with van der Waals surface area (Å²) < 4.78 is 12.7. The van der Waals surface area contributed by atoms with Gasteiger partial charge in [0.15, 0.2) is 0 Å². The van der Waals surface area contributed by atoms with Gasteiger partial charge in [-0.15, -0.1) is 0 Å². The number of thioether (sulfide) groups is 1. The molecular weight excluding hydrogens is 239 g/mol. The van der Waals surface area contributed by atoms with Gasteiger partial charge in [0.1, 0.15) is 5.82 Å². The molecule has 0 saturated carbocycles. The molecule has 1 fully saturated rings. The summed E-state index contributed by atoms with van der Waals surface area (Å²) in [5.41, 5.74) is 0.629. The Balaban J connectivity index is 1.91. The van der Waals surface area contributed by atoms with E-state index < -0.39 is 0 Å². The van der Waals surface area contributed by atoms with Crippen molar-refractivity contribution in [3.8, 4) is 0 Å². The van der Waals surface area contributed by atoms with Crippen molar-refractivity contribution in [3.63, 3.8) is 0 Å². The van der Waals surface area contributed by atoms with E-state index in [-0.39, 0.29) is 11.8 Å². The van der Waals surface area contributed by atoms with E-state index in [1.54, 1.807) is 28.8 Å². The number of anilines is 1. The van der Waals surface area contributed by atoms with Crippen molar-refractivity contribution in [2.24, 2.45) is 0 Å². The Kier molecular flexibility index (Phi) is 3.89. The molecular formula is C12H15FN2OS. The Labute approximate surface area is 104 Å². The van der Waals surface area contributed by atoms with Crippen LogP contribution in [0.2, 0.25) is 0 Å². The zero-order chi connectivity index (χ0) is 12.3. The van der Waals surface area contributed by atoms with Crippen LogP contribution in [-0.2, 0) is 0 Å². The molecule has 2 amide bonds. The second-order valence-corrected chi connectivity index (χ2v) is 5.17. The Bertz CT molecular complexity index is 396. The fraction of sp³-hybridized carbons (Fsp3) is 0.417. The third-order valence-corrected chi connectivity index (χ3v) is 3.91. The number of hydrogen-bond acceptors (Lipinski definition) is 2. The van der Waals surface area contributed by atoms with E-state index in [0.717, 1.165) is 19.5 Å². The fourth-order valence-electron chi connectivity index (χ4n) is 1.84. The SMILES string of the molecule is CS[C@@H]1CCN(C(=O)Nc2ccc(F)cc2)C1. The third kappa shape index (κ3) is 3.12. The van der Waals surface area contributed by atoms with Gasteiger partial charge >= 0.3 is 6.03 Å². The van der Waals surface area contributed by atoms with Crippen LogP contribution >= 0.6 is 11.8 Å². The van der Waals surface area contributed by atoms with Crippen LogP contribution in [0.5, 0.6) is 0 Å². The molecule has 1 aromatic carbocycles. The van der Waals surface area contributed by atoms with Crippen LogP contribution in [0.25, 0.3) is 0 Å². The van der Waals surface area contributed by atoms with Crippen LogP contribution in [0.15, 0.2) is 24.3 Å². The Hall–Kier alpha value is -1.23. The molecule has 1 saturated heterocycles. The minimum Gasteiger partial charge on any atom is -0.323 e. The quantitative estimate of drug-likeness (QED) is 0.880. The van der Waals surface area contributed by atoms with Gasteiger partial charge in [-0.3, -0.25) is 0 Å². The maximum absolute atomic E-state index is 12.7. The highest BCUT2D eigenvalue weighted by molar-refractivity contribution is 7.99. The largest absolute Gasteiger partial charge is 0.323 e. The van der Waals surface area contributed by atoms with Crippen molar-refractivity contribution >= 4 is 23.5 Å². The van der Waals surface area contributed by atoms with Crippen molar-refractivity contribution in [1.29, 1.82) is 0 Å². The van der Waals surface area contributed by atoms with Crippen molar-refractivity contribution < 1.29 is 9.18 Å². The van der Waals surface area contributed by atoms with Gasteiger partial charge in [-0.2, -0.15) is 11.8 Å². The van der Waals surface area contributed by atoms with Gasteiger partial charge in [-0.25, -0.2) is 9.18 Å². The van der Waals surface area contributed by atoms with Gasteiger partial charge in [0, 0.05) is 24.0 Å². The van der Waals surface area contributed by atoms with Gasteiger partial charge in [0.05, 0.1) is 0 Å². The van der Waals surface area contributed by atoms with Crippen molar-refractivity contribution in [1.82, 2.24) is 4.90 Å². The molecule has 3 nitrogen and oxygen atoms in total. The highest BCUT2D eigenvalue weighted by Crippen LogP contribution is 2.21. The number of hydrogen-bond donors (Lipinski definition) is 1. The number of nitrogens with zero attached hydrogens (tertiary/aromatic N) is 1. The number of amides is 2. The predicted molar refractivity (Wildman–Crippen MR) is 68.9 cm³/mol. The number of halogens is 1. The number of benzene rings is 1. The summed E-state index contributed by atoms with van der Waals surface area (Å²) >= 11 is 1.79. The second kappa shape index (κ2) is 5.40. The molecule has 1 heterocycles. The summed E-state index contributed by atoms with van der Waals surface area (Å²) in [5.74, 6) is -0.299. The number of nitrogens with one attached hydrogen (secondary N) is 1. The minimum absolute atomic E-state index is 0.104. The molecule has 1 aliphatic rings. The summed E-state index contributed by atoms with van der Waals surface area (Å²) in [6, 6.07) is 5.70. The van der Waals surface area contributed by atoms with E-state index in [1.807, 2.05) is 0 Å². The lowest BCUT2D eigenvalue weighted by molar-refractivity contribution is 0.222. The second-order valence-electron chi connectivity index (χ2n) is 4.03. The predicted octanol–water partition coefficient (Wildman–Crippen LogP) is 2.79. The first-order valence-corrected chi connectivity index (χ1v) is 6.82. The first kappa shape index (κ1) is 12.2. The number of urea groups is 1. The number of likely N-dealkylation sites (tertiary alicyclic amines) is 1. The van der Waals surface area contributed by atoms with Crippen LogP contribution in [0, 0.1) is 5.82 Å². The summed E-state index contributed by atoms with van der Waals surface area (Å²) in [6.07, 6.45) is 3.10. The third-order valence-electron chi connectivity index (χ3n) is 2.86. The zero-order valence-corrected chi connectivity index (χ0v) is 10.5. The molecule has 1 aromatic rings. The Morgan fingerprint density at radius 3 is 2.76 bits per heavy atom. The van der Waals surface area contributed by atoms with E-state index in [2.05, 4.69) is 11.6 Å². The molecule has 1 N–H and O–H groups in total. The van der Waals surface area contributed by atoms with Gasteiger partial charge < -0.3 is 10.2 Å². The first-order valence-electron chi connectivity index (χ1n) is 5.53. The van der Waals surface area contributed by atoms with Crippen molar-refractivity contribution in [2.75, 3.05) is 24.7 Å². The molecule has 0 bridgehead atoms. The Morgan fingerprint density at radius 2 is 2.18 bits per heavy atom. The molecule has 0 aromatic heterocycles. The van der Waals surface area contributed by atoms with Gasteiger partial charge in [0.25, 0.3) is 0 Å². The van der Waals surface area contributed by atoms with E-state index in [1.165, 1.54) is 12.1 Å². The van der Waals surface area contributed by atoms with E-state index in [4.69, 9.17) is 0 Å². The number of carbonyl (C=O) groups excluding carboxylic acids is 1. The molecule has 0 spiro atoms. The molecule has 2 rings (SSSR count). The van der Waals surface area contributed by atoms with Gasteiger partial charge in [-0.05, 0) is 36.9 Å². The van der Waals surface area contributed by atoms with E-state index in [9.17, 15) is 9.18 Å². The average molecular weight is 254 g/mol. The summed E-state index contributed by atoms with van der Waals surface area (Å²) in [5, 5.41) is 3.30. The monoisotopic (exact) mass is 254 g/mol. The van der Waals surface area contributed by atoms with Crippen LogP contribution in [0.4, 0.5) is 14.9 Å². The smallest absolute Gasteiger partial charge is 0.321 e. The lowest BCUT2D eigenvalue weighted by Crippen LogP contribution is -2.33. The molecule has 1 atom stereocenters. The molecule has 1 aliphatic heterocycles. The molecule has 0 radical (unpaired) electrons. The topological polar surface area (TPSA) is 32.3 Å². The fourth-order valence-corrected chi connectivity index (χ4v) is 2.51. The number of rotatable bonds is 2.